The maximum absolute atomic E-state index is 13.5. The number of carboxylic acid groups (broad SMARTS) is 1. The number of carbonyl (C=O) groups excluding carboxylic acids is 5. The zero-order valence-electron chi connectivity index (χ0n) is 28.4. The molecule has 0 heterocycles. The summed E-state index contributed by atoms with van der Waals surface area (Å²) in [6.07, 6.45) is 1.91. The molecule has 0 radical (unpaired) electrons. The molecule has 0 bridgehead atoms. The third-order valence-corrected chi connectivity index (χ3v) is 7.30. The van der Waals surface area contributed by atoms with Crippen molar-refractivity contribution in [1.82, 2.24) is 26.6 Å². The Labute approximate surface area is 290 Å². The Bertz CT molecular complexity index is 1010. The standard InChI is InChI=1S/C30H57N7O8S.ClH/c1-16(2)11-19(32)25(39)37-24(15-46)29(43)33-20(9-7-8-10-31)26(40)34-21(12-17(3)4)27(41)36-23(14-38)28(42)35-22(30(44)45)13-18(5)6;/h16-24,38,46H,7-15,31-32H2,1-6H3,(H,33,43)(H,34,40)(H,35,42)(H,36,41)(H,37,39)(H,44,45);1H. The molecule has 0 aliphatic heterocycles. The molecular weight excluding hydrogens is 654 g/mol. The maximum atomic E-state index is 13.5. The van der Waals surface area contributed by atoms with Gasteiger partial charge in [0.25, 0.3) is 0 Å². The van der Waals surface area contributed by atoms with E-state index in [0.29, 0.717) is 25.8 Å². The van der Waals surface area contributed by atoms with Crippen LogP contribution in [0.2, 0.25) is 0 Å². The van der Waals surface area contributed by atoms with Gasteiger partial charge in [-0.05, 0) is 62.8 Å². The molecule has 0 saturated heterocycles. The fourth-order valence-corrected chi connectivity index (χ4v) is 4.79. The molecule has 6 atom stereocenters. The smallest absolute Gasteiger partial charge is 0.326 e. The summed E-state index contributed by atoms with van der Waals surface area (Å²) >= 11 is 4.18. The van der Waals surface area contributed by atoms with Crippen molar-refractivity contribution in [3.8, 4) is 0 Å². The zero-order valence-corrected chi connectivity index (χ0v) is 30.1. The number of nitrogens with one attached hydrogen (secondary N) is 5. The summed E-state index contributed by atoms with van der Waals surface area (Å²) in [4.78, 5) is 76.8. The highest BCUT2D eigenvalue weighted by atomic mass is 35.5. The number of unbranched alkanes of at least 4 members (excludes halogenated alkanes) is 1. The maximum Gasteiger partial charge on any atom is 0.326 e. The minimum absolute atomic E-state index is 0. The van der Waals surface area contributed by atoms with Crippen LogP contribution in [0.5, 0.6) is 0 Å². The molecule has 17 heteroatoms. The fraction of sp³-hybridized carbons (Fsp3) is 0.800. The van der Waals surface area contributed by atoms with Gasteiger partial charge in [0.1, 0.15) is 30.2 Å². The summed E-state index contributed by atoms with van der Waals surface area (Å²) in [5.41, 5.74) is 11.6. The fourth-order valence-electron chi connectivity index (χ4n) is 4.53. The van der Waals surface area contributed by atoms with Gasteiger partial charge < -0.3 is 48.3 Å². The molecule has 0 aromatic rings. The van der Waals surface area contributed by atoms with Gasteiger partial charge in [0.15, 0.2) is 0 Å². The van der Waals surface area contributed by atoms with E-state index in [1.807, 2.05) is 27.7 Å². The molecule has 0 aliphatic carbocycles. The largest absolute Gasteiger partial charge is 0.480 e. The van der Waals surface area contributed by atoms with Gasteiger partial charge in [0.2, 0.25) is 29.5 Å². The van der Waals surface area contributed by atoms with Crippen molar-refractivity contribution in [2.45, 2.75) is 116 Å². The topological polar surface area (TPSA) is 255 Å². The van der Waals surface area contributed by atoms with Crippen molar-refractivity contribution in [3.63, 3.8) is 0 Å². The van der Waals surface area contributed by atoms with E-state index in [1.165, 1.54) is 0 Å². The number of rotatable bonds is 23. The molecular formula is C30H58ClN7O8S. The summed E-state index contributed by atoms with van der Waals surface area (Å²) in [6.45, 7) is 10.6. The Morgan fingerprint density at radius 3 is 1.49 bits per heavy atom. The number of aliphatic carboxylic acids is 1. The molecule has 0 aliphatic rings. The van der Waals surface area contributed by atoms with Crippen molar-refractivity contribution < 1.29 is 39.0 Å². The second-order valence-electron chi connectivity index (χ2n) is 12.8. The van der Waals surface area contributed by atoms with E-state index in [4.69, 9.17) is 11.5 Å². The van der Waals surface area contributed by atoms with Gasteiger partial charge in [0, 0.05) is 5.75 Å². The zero-order chi connectivity index (χ0) is 35.6. The van der Waals surface area contributed by atoms with E-state index in [2.05, 4.69) is 39.2 Å². The number of aliphatic hydroxyl groups is 1. The Morgan fingerprint density at radius 1 is 0.617 bits per heavy atom. The van der Waals surface area contributed by atoms with Crippen molar-refractivity contribution >= 4 is 60.5 Å². The number of carboxylic acids is 1. The lowest BCUT2D eigenvalue weighted by Crippen LogP contribution is -2.60. The van der Waals surface area contributed by atoms with Gasteiger partial charge in [-0.15, -0.1) is 12.4 Å². The summed E-state index contributed by atoms with van der Waals surface area (Å²) in [5.74, 6) is -4.84. The number of amides is 5. The van der Waals surface area contributed by atoms with Gasteiger partial charge in [-0.3, -0.25) is 24.0 Å². The lowest BCUT2D eigenvalue weighted by molar-refractivity contribution is -0.143. The number of aliphatic hydroxyl groups excluding tert-OH is 1. The molecule has 5 amide bonds. The first-order chi connectivity index (χ1) is 21.5. The number of hydrogen-bond acceptors (Lipinski definition) is 10. The third kappa shape index (κ3) is 19.1. The van der Waals surface area contributed by atoms with Crippen molar-refractivity contribution in [2.75, 3.05) is 18.9 Å². The van der Waals surface area contributed by atoms with Crippen LogP contribution in [-0.4, -0.2) is 101 Å². The van der Waals surface area contributed by atoms with Gasteiger partial charge in [-0.25, -0.2) is 4.79 Å². The Balaban J connectivity index is 0. The average molecular weight is 712 g/mol. The quantitative estimate of drug-likeness (QED) is 0.0477. The lowest BCUT2D eigenvalue weighted by atomic mass is 10.0. The van der Waals surface area contributed by atoms with Crippen LogP contribution in [0.25, 0.3) is 0 Å². The average Bonchev–Trinajstić information content (AvgIpc) is 2.95. The Hall–Kier alpha value is -2.66. The highest BCUT2D eigenvalue weighted by Gasteiger charge is 2.33. The third-order valence-electron chi connectivity index (χ3n) is 6.93. The van der Waals surface area contributed by atoms with Crippen molar-refractivity contribution in [2.24, 2.45) is 29.2 Å². The first-order valence-electron chi connectivity index (χ1n) is 15.9. The normalized spacial score (nSPS) is 15.0. The van der Waals surface area contributed by atoms with Crippen LogP contribution >= 0.6 is 25.0 Å². The molecule has 47 heavy (non-hydrogen) atoms. The Kier molecular flexibility index (Phi) is 24.2. The Morgan fingerprint density at radius 2 is 1.02 bits per heavy atom. The molecule has 274 valence electrons. The first kappa shape index (κ1) is 46.5. The van der Waals surface area contributed by atoms with Gasteiger partial charge in [0.05, 0.1) is 12.6 Å². The summed E-state index contributed by atoms with van der Waals surface area (Å²) in [6, 6.07) is -6.88. The van der Waals surface area contributed by atoms with Crippen LogP contribution in [0.15, 0.2) is 0 Å². The van der Waals surface area contributed by atoms with Gasteiger partial charge in [-0.2, -0.15) is 12.6 Å². The second kappa shape index (κ2) is 24.5. The molecule has 0 rings (SSSR count). The SMILES string of the molecule is CC(C)CC(N)C(=O)NC(CS)C(=O)NC(CCCCN)C(=O)NC(CC(C)C)C(=O)NC(CO)C(=O)NC(CC(C)C)C(=O)O.Cl. The predicted molar refractivity (Wildman–Crippen MR) is 185 cm³/mol. The summed E-state index contributed by atoms with van der Waals surface area (Å²) < 4.78 is 0. The number of hydrogen-bond donors (Lipinski definition) is 10. The summed E-state index contributed by atoms with van der Waals surface area (Å²) in [5, 5.41) is 31.9. The molecule has 11 N–H and O–H groups in total. The second-order valence-corrected chi connectivity index (χ2v) is 13.2. The number of carbonyl (C=O) groups is 6. The molecule has 6 unspecified atom stereocenters. The van der Waals surface area contributed by atoms with Gasteiger partial charge in [-0.1, -0.05) is 41.5 Å². The van der Waals surface area contributed by atoms with Crippen molar-refractivity contribution in [1.29, 1.82) is 0 Å². The van der Waals surface area contributed by atoms with Crippen molar-refractivity contribution in [3.05, 3.63) is 0 Å². The molecule has 0 saturated carbocycles. The van der Waals surface area contributed by atoms with Crippen LogP contribution < -0.4 is 38.1 Å². The first-order valence-corrected chi connectivity index (χ1v) is 16.5. The highest BCUT2D eigenvalue weighted by molar-refractivity contribution is 7.80. The van der Waals surface area contributed by atoms with E-state index in [0.717, 1.165) is 0 Å². The predicted octanol–water partition coefficient (Wildman–Crippen LogP) is -0.566. The minimum atomic E-state index is -1.48. The molecule has 15 nitrogen and oxygen atoms in total. The van der Waals surface area contributed by atoms with E-state index in [-0.39, 0.29) is 55.2 Å². The lowest BCUT2D eigenvalue weighted by Gasteiger charge is -2.27. The number of thiol groups is 1. The molecule has 0 aromatic heterocycles. The van der Waals surface area contributed by atoms with Crippen LogP contribution in [0.3, 0.4) is 0 Å². The molecule has 0 spiro atoms. The number of nitrogens with two attached hydrogens (primary N) is 2. The highest BCUT2D eigenvalue weighted by Crippen LogP contribution is 2.10. The van der Waals surface area contributed by atoms with E-state index in [1.54, 1.807) is 13.8 Å². The van der Waals surface area contributed by atoms with Crippen LogP contribution in [0, 0.1) is 17.8 Å². The van der Waals surface area contributed by atoms with E-state index < -0.39 is 78.4 Å². The van der Waals surface area contributed by atoms with E-state index >= 15 is 0 Å². The molecule has 0 aromatic carbocycles. The monoisotopic (exact) mass is 711 g/mol. The minimum Gasteiger partial charge on any atom is -0.480 e. The summed E-state index contributed by atoms with van der Waals surface area (Å²) in [7, 11) is 0. The van der Waals surface area contributed by atoms with Crippen LogP contribution in [0.4, 0.5) is 0 Å². The number of halogens is 1. The van der Waals surface area contributed by atoms with Gasteiger partial charge >= 0.3 is 5.97 Å². The van der Waals surface area contributed by atoms with Crippen LogP contribution in [0.1, 0.15) is 80.1 Å². The molecule has 0 fully saturated rings. The van der Waals surface area contributed by atoms with E-state index in [9.17, 15) is 39.0 Å². The van der Waals surface area contributed by atoms with Crippen LogP contribution in [-0.2, 0) is 28.8 Å².